The van der Waals surface area contributed by atoms with Gasteiger partial charge in [0.15, 0.2) is 0 Å². The van der Waals surface area contributed by atoms with E-state index in [-0.39, 0.29) is 0 Å². The average Bonchev–Trinajstić information content (AvgIpc) is 1.63. The summed E-state index contributed by atoms with van der Waals surface area (Å²) in [7, 11) is 0. The first kappa shape index (κ1) is 9.35. The van der Waals surface area contributed by atoms with Gasteiger partial charge in [-0.3, -0.25) is 0 Å². The summed E-state index contributed by atoms with van der Waals surface area (Å²) in [6, 6.07) is 0. The molecule has 0 aromatic rings. The van der Waals surface area contributed by atoms with E-state index in [1.165, 1.54) is 0 Å². The Morgan fingerprint density at radius 3 is 1.44 bits per heavy atom. The second kappa shape index (κ2) is 4.21. The summed E-state index contributed by atoms with van der Waals surface area (Å²) in [4.78, 5) is 0. The van der Waals surface area contributed by atoms with Gasteiger partial charge < -0.3 is 0 Å². The predicted octanol–water partition coefficient (Wildman–Crippen LogP) is 3.17. The van der Waals surface area contributed by atoms with Crippen LogP contribution in [0.4, 0.5) is 0 Å². The van der Waals surface area contributed by atoms with Gasteiger partial charge in [0.2, 0.25) is 0 Å². The Morgan fingerprint density at radius 1 is 0.889 bits per heavy atom. The summed E-state index contributed by atoms with van der Waals surface area (Å²) in [6.07, 6.45) is 0. The van der Waals surface area contributed by atoms with Crippen LogP contribution in [0.25, 0.3) is 0 Å². The zero-order chi connectivity index (χ0) is 7.44. The van der Waals surface area contributed by atoms with Crippen molar-refractivity contribution in [3.63, 3.8) is 0 Å². The standard InChI is InChI=1S/C8H18S/c1-6(2)8(5)9-7(3)4/h6-8H,1-5H3. The quantitative estimate of drug-likeness (QED) is 0.589. The average molecular weight is 146 g/mol. The van der Waals surface area contributed by atoms with E-state index in [1.807, 2.05) is 0 Å². The van der Waals surface area contributed by atoms with Crippen LogP contribution in [0.15, 0.2) is 0 Å². The minimum Gasteiger partial charge on any atom is -0.156 e. The third-order valence-corrected chi connectivity index (χ3v) is 2.94. The van der Waals surface area contributed by atoms with Crippen molar-refractivity contribution < 1.29 is 0 Å². The normalized spacial score (nSPS) is 15.0. The van der Waals surface area contributed by atoms with E-state index in [0.29, 0.717) is 0 Å². The van der Waals surface area contributed by atoms with E-state index in [0.717, 1.165) is 16.4 Å². The molecule has 1 heteroatoms. The number of hydrogen-bond acceptors (Lipinski definition) is 1. The van der Waals surface area contributed by atoms with E-state index in [1.54, 1.807) is 0 Å². The van der Waals surface area contributed by atoms with Gasteiger partial charge in [0.25, 0.3) is 0 Å². The smallest absolute Gasteiger partial charge is 0.00443 e. The van der Waals surface area contributed by atoms with Crippen LogP contribution >= 0.6 is 11.8 Å². The Morgan fingerprint density at radius 2 is 1.33 bits per heavy atom. The van der Waals surface area contributed by atoms with E-state index in [4.69, 9.17) is 0 Å². The van der Waals surface area contributed by atoms with Crippen molar-refractivity contribution in [2.75, 3.05) is 0 Å². The zero-order valence-electron chi connectivity index (χ0n) is 7.14. The molecule has 1 atom stereocenters. The molecule has 0 saturated heterocycles. The maximum absolute atomic E-state index is 2.30. The maximum Gasteiger partial charge on any atom is 0.00443 e. The summed E-state index contributed by atoms with van der Waals surface area (Å²) in [5, 5.41) is 1.59. The number of hydrogen-bond donors (Lipinski definition) is 0. The van der Waals surface area contributed by atoms with Crippen molar-refractivity contribution in [2.45, 2.75) is 45.1 Å². The first-order valence-corrected chi connectivity index (χ1v) is 4.63. The van der Waals surface area contributed by atoms with E-state index >= 15 is 0 Å². The lowest BCUT2D eigenvalue weighted by atomic mass is 10.2. The molecule has 0 saturated carbocycles. The predicted molar refractivity (Wildman–Crippen MR) is 47.0 cm³/mol. The van der Waals surface area contributed by atoms with Gasteiger partial charge >= 0.3 is 0 Å². The molecule has 0 spiro atoms. The second-order valence-corrected chi connectivity index (χ2v) is 5.09. The van der Waals surface area contributed by atoms with Gasteiger partial charge in [0, 0.05) is 5.25 Å². The third kappa shape index (κ3) is 4.83. The molecule has 0 N–H and O–H groups in total. The van der Waals surface area contributed by atoms with Crippen LogP contribution in [0.3, 0.4) is 0 Å². The Labute approximate surface area is 63.4 Å². The topological polar surface area (TPSA) is 0 Å². The molecule has 0 aromatic heterocycles. The largest absolute Gasteiger partial charge is 0.156 e. The van der Waals surface area contributed by atoms with E-state index in [2.05, 4.69) is 46.4 Å². The number of rotatable bonds is 3. The molecule has 0 aromatic carbocycles. The van der Waals surface area contributed by atoms with Gasteiger partial charge in [-0.1, -0.05) is 34.6 Å². The van der Waals surface area contributed by atoms with Gasteiger partial charge in [0.05, 0.1) is 0 Å². The van der Waals surface area contributed by atoms with Gasteiger partial charge in [-0.2, -0.15) is 11.8 Å². The van der Waals surface area contributed by atoms with Crippen LogP contribution in [0.1, 0.15) is 34.6 Å². The van der Waals surface area contributed by atoms with Gasteiger partial charge in [-0.05, 0) is 11.2 Å². The zero-order valence-corrected chi connectivity index (χ0v) is 7.96. The Hall–Kier alpha value is 0.350. The summed E-state index contributed by atoms with van der Waals surface area (Å²) in [6.45, 7) is 11.4. The van der Waals surface area contributed by atoms with Crippen LogP contribution < -0.4 is 0 Å². The molecular formula is C8H18S. The first-order chi connectivity index (χ1) is 4.04. The molecule has 0 radical (unpaired) electrons. The van der Waals surface area contributed by atoms with Crippen molar-refractivity contribution in [2.24, 2.45) is 5.92 Å². The maximum atomic E-state index is 2.30. The fourth-order valence-electron chi connectivity index (χ4n) is 0.586. The number of thioether (sulfide) groups is 1. The van der Waals surface area contributed by atoms with Gasteiger partial charge in [0.1, 0.15) is 0 Å². The van der Waals surface area contributed by atoms with Crippen molar-refractivity contribution in [1.82, 2.24) is 0 Å². The molecule has 0 amide bonds. The van der Waals surface area contributed by atoms with Crippen LogP contribution in [0.2, 0.25) is 0 Å². The van der Waals surface area contributed by atoms with Crippen LogP contribution in [0.5, 0.6) is 0 Å². The highest BCUT2D eigenvalue weighted by Crippen LogP contribution is 2.22. The fraction of sp³-hybridized carbons (Fsp3) is 1.00. The molecule has 1 unspecified atom stereocenters. The van der Waals surface area contributed by atoms with Crippen LogP contribution in [-0.2, 0) is 0 Å². The van der Waals surface area contributed by atoms with Crippen molar-refractivity contribution in [3.05, 3.63) is 0 Å². The Bertz CT molecular complexity index is 67.0. The molecule has 56 valence electrons. The summed E-state index contributed by atoms with van der Waals surface area (Å²) < 4.78 is 0. The lowest BCUT2D eigenvalue weighted by molar-refractivity contribution is 0.640. The molecule has 0 fully saturated rings. The fourth-order valence-corrected chi connectivity index (χ4v) is 1.76. The minimum atomic E-state index is 0.780. The lowest BCUT2D eigenvalue weighted by Crippen LogP contribution is -2.08. The van der Waals surface area contributed by atoms with E-state index in [9.17, 15) is 0 Å². The molecule has 0 aliphatic carbocycles. The van der Waals surface area contributed by atoms with Crippen molar-refractivity contribution in [3.8, 4) is 0 Å². The summed E-state index contributed by atoms with van der Waals surface area (Å²) in [5.41, 5.74) is 0. The Balaban J connectivity index is 3.38. The Kier molecular flexibility index (Phi) is 4.37. The highest BCUT2D eigenvalue weighted by atomic mass is 32.2. The molecule has 0 aliphatic rings. The highest BCUT2D eigenvalue weighted by molar-refractivity contribution is 8.00. The highest BCUT2D eigenvalue weighted by Gasteiger charge is 2.08. The van der Waals surface area contributed by atoms with Crippen molar-refractivity contribution in [1.29, 1.82) is 0 Å². The molecule has 0 bridgehead atoms. The third-order valence-electron chi connectivity index (χ3n) is 1.43. The van der Waals surface area contributed by atoms with Gasteiger partial charge in [-0.25, -0.2) is 0 Å². The van der Waals surface area contributed by atoms with E-state index < -0.39 is 0 Å². The molecule has 0 nitrogen and oxygen atoms in total. The molecule has 0 heterocycles. The lowest BCUT2D eigenvalue weighted by Gasteiger charge is -2.16. The summed E-state index contributed by atoms with van der Waals surface area (Å²) >= 11 is 2.06. The summed E-state index contributed by atoms with van der Waals surface area (Å²) in [5.74, 6) is 0.817. The van der Waals surface area contributed by atoms with Crippen molar-refractivity contribution >= 4 is 11.8 Å². The first-order valence-electron chi connectivity index (χ1n) is 3.69. The minimum absolute atomic E-state index is 0.780. The molecule has 0 aliphatic heterocycles. The second-order valence-electron chi connectivity index (χ2n) is 3.13. The van der Waals surface area contributed by atoms with Crippen LogP contribution in [-0.4, -0.2) is 10.5 Å². The van der Waals surface area contributed by atoms with Crippen LogP contribution in [0, 0.1) is 5.92 Å². The molecule has 9 heavy (non-hydrogen) atoms. The SMILES string of the molecule is CC(C)SC(C)C(C)C. The molecule has 0 rings (SSSR count). The monoisotopic (exact) mass is 146 g/mol. The van der Waals surface area contributed by atoms with Gasteiger partial charge in [-0.15, -0.1) is 0 Å². The molecular weight excluding hydrogens is 128 g/mol.